The number of ether oxygens (including phenoxy) is 1. The van der Waals surface area contributed by atoms with Crippen LogP contribution in [0.25, 0.3) is 10.9 Å². The molecule has 0 aliphatic carbocycles. The van der Waals surface area contributed by atoms with Gasteiger partial charge < -0.3 is 14.2 Å². The molecule has 0 radical (unpaired) electrons. The van der Waals surface area contributed by atoms with Gasteiger partial charge >= 0.3 is 0 Å². The predicted molar refractivity (Wildman–Crippen MR) is 110 cm³/mol. The summed E-state index contributed by atoms with van der Waals surface area (Å²) in [6, 6.07) is 13.6. The lowest BCUT2D eigenvalue weighted by molar-refractivity contribution is -0.0285. The SMILES string of the molecule is Cc1ccc2c(c1)c1c3n2CC(c2ccc(F)cc2)OC(C)CC3CN(C)C1. The first kappa shape index (κ1) is 17.9. The molecule has 3 heterocycles. The molecule has 2 aliphatic heterocycles. The minimum Gasteiger partial charge on any atom is -0.369 e. The molecule has 0 saturated carbocycles. The summed E-state index contributed by atoms with van der Waals surface area (Å²) in [7, 11) is 2.22. The van der Waals surface area contributed by atoms with Crippen molar-refractivity contribution >= 4 is 10.9 Å². The van der Waals surface area contributed by atoms with Crippen LogP contribution < -0.4 is 0 Å². The molecule has 0 N–H and O–H groups in total. The van der Waals surface area contributed by atoms with Crippen molar-refractivity contribution in [2.75, 3.05) is 13.6 Å². The van der Waals surface area contributed by atoms with Crippen LogP contribution in [0.15, 0.2) is 42.5 Å². The summed E-state index contributed by atoms with van der Waals surface area (Å²) >= 11 is 0. The molecule has 146 valence electrons. The number of likely N-dealkylation sites (N-methyl/N-ethyl adjacent to an activating group) is 1. The van der Waals surface area contributed by atoms with Gasteiger partial charge in [0.15, 0.2) is 0 Å². The second-order valence-corrected chi connectivity index (χ2v) is 8.61. The van der Waals surface area contributed by atoms with Gasteiger partial charge in [-0.05, 0) is 62.7 Å². The molecular weight excluding hydrogens is 351 g/mol. The fourth-order valence-electron chi connectivity index (χ4n) is 5.18. The van der Waals surface area contributed by atoms with Crippen molar-refractivity contribution in [1.29, 1.82) is 0 Å². The highest BCUT2D eigenvalue weighted by Crippen LogP contribution is 2.42. The van der Waals surface area contributed by atoms with E-state index in [-0.39, 0.29) is 18.0 Å². The van der Waals surface area contributed by atoms with Gasteiger partial charge in [0.25, 0.3) is 0 Å². The Morgan fingerprint density at radius 1 is 1.07 bits per heavy atom. The van der Waals surface area contributed by atoms with Crippen LogP contribution in [0.4, 0.5) is 4.39 Å². The molecule has 0 fully saturated rings. The molecule has 0 saturated heterocycles. The lowest BCUT2D eigenvalue weighted by atomic mass is 9.89. The average molecular weight is 378 g/mol. The maximum Gasteiger partial charge on any atom is 0.123 e. The number of fused-ring (bicyclic) bond motifs is 3. The monoisotopic (exact) mass is 378 g/mol. The maximum atomic E-state index is 13.5. The third-order valence-electron chi connectivity index (χ3n) is 6.32. The Kier molecular flexibility index (Phi) is 4.29. The summed E-state index contributed by atoms with van der Waals surface area (Å²) in [6.07, 6.45) is 1.09. The van der Waals surface area contributed by atoms with Crippen molar-refractivity contribution in [2.45, 2.75) is 51.5 Å². The summed E-state index contributed by atoms with van der Waals surface area (Å²) in [4.78, 5) is 2.44. The van der Waals surface area contributed by atoms with Crippen molar-refractivity contribution in [3.63, 3.8) is 0 Å². The summed E-state index contributed by atoms with van der Waals surface area (Å²) in [6.45, 7) is 7.17. The number of hydrogen-bond acceptors (Lipinski definition) is 2. The van der Waals surface area contributed by atoms with E-state index in [1.54, 1.807) is 0 Å². The summed E-state index contributed by atoms with van der Waals surface area (Å²) in [5, 5.41) is 1.37. The molecule has 1 aromatic heterocycles. The molecule has 4 heteroatoms. The Labute approximate surface area is 165 Å². The van der Waals surface area contributed by atoms with E-state index < -0.39 is 0 Å². The molecule has 28 heavy (non-hydrogen) atoms. The van der Waals surface area contributed by atoms with E-state index in [2.05, 4.69) is 48.6 Å². The lowest BCUT2D eigenvalue weighted by Crippen LogP contribution is -2.35. The first-order valence-electron chi connectivity index (χ1n) is 10.2. The highest BCUT2D eigenvalue weighted by atomic mass is 19.1. The molecule has 0 spiro atoms. The van der Waals surface area contributed by atoms with Crippen molar-refractivity contribution in [3.05, 3.63) is 70.7 Å². The highest BCUT2D eigenvalue weighted by Gasteiger charge is 2.34. The Morgan fingerprint density at radius 3 is 2.64 bits per heavy atom. The molecule has 3 unspecified atom stereocenters. The van der Waals surface area contributed by atoms with Gasteiger partial charge in [-0.2, -0.15) is 0 Å². The molecule has 3 atom stereocenters. The van der Waals surface area contributed by atoms with E-state index >= 15 is 0 Å². The largest absolute Gasteiger partial charge is 0.369 e. The highest BCUT2D eigenvalue weighted by molar-refractivity contribution is 5.87. The summed E-state index contributed by atoms with van der Waals surface area (Å²) in [5.41, 5.74) is 6.60. The zero-order valence-electron chi connectivity index (χ0n) is 16.8. The minimum atomic E-state index is -0.204. The van der Waals surface area contributed by atoms with Crippen LogP contribution in [-0.4, -0.2) is 29.2 Å². The number of hydrogen-bond donors (Lipinski definition) is 0. The van der Waals surface area contributed by atoms with E-state index in [9.17, 15) is 4.39 Å². The number of nitrogens with zero attached hydrogens (tertiary/aromatic N) is 2. The third kappa shape index (κ3) is 2.96. The molecule has 2 aliphatic rings. The Balaban J connectivity index is 1.69. The normalized spacial score (nSPS) is 25.4. The molecule has 0 bridgehead atoms. The number of aromatic nitrogens is 1. The van der Waals surface area contributed by atoms with Gasteiger partial charge in [-0.15, -0.1) is 0 Å². The summed E-state index contributed by atoms with van der Waals surface area (Å²) < 4.78 is 22.4. The quantitative estimate of drug-likeness (QED) is 0.581. The first-order chi connectivity index (χ1) is 13.5. The van der Waals surface area contributed by atoms with Crippen LogP contribution >= 0.6 is 0 Å². The molecular formula is C24H27FN2O. The van der Waals surface area contributed by atoms with E-state index in [4.69, 9.17) is 4.74 Å². The number of rotatable bonds is 1. The van der Waals surface area contributed by atoms with Gasteiger partial charge in [0.2, 0.25) is 0 Å². The number of aryl methyl sites for hydroxylation is 1. The smallest absolute Gasteiger partial charge is 0.123 e. The van der Waals surface area contributed by atoms with E-state index in [1.165, 1.54) is 39.9 Å². The standard InChI is InChI=1S/C24H27FN2O/c1-15-4-9-22-20(10-15)21-13-26(3)12-18-11-16(2)28-23(14-27(22)24(18)21)17-5-7-19(25)8-6-17/h4-10,16,18,23H,11-14H2,1-3H3. The number of halogens is 1. The van der Waals surface area contributed by atoms with Gasteiger partial charge in [0, 0.05) is 35.6 Å². The van der Waals surface area contributed by atoms with Crippen LogP contribution in [0.2, 0.25) is 0 Å². The van der Waals surface area contributed by atoms with Crippen LogP contribution in [0, 0.1) is 12.7 Å². The van der Waals surface area contributed by atoms with Gasteiger partial charge in [-0.25, -0.2) is 4.39 Å². The topological polar surface area (TPSA) is 17.4 Å². The van der Waals surface area contributed by atoms with Crippen molar-refractivity contribution in [2.24, 2.45) is 0 Å². The first-order valence-corrected chi connectivity index (χ1v) is 10.2. The zero-order valence-corrected chi connectivity index (χ0v) is 16.8. The maximum absolute atomic E-state index is 13.5. The molecule has 3 aromatic rings. The van der Waals surface area contributed by atoms with Crippen LogP contribution in [-0.2, 0) is 17.8 Å². The van der Waals surface area contributed by atoms with Crippen molar-refractivity contribution in [1.82, 2.24) is 9.47 Å². The number of benzene rings is 2. The molecule has 0 amide bonds. The fraction of sp³-hybridized carbons (Fsp3) is 0.417. The van der Waals surface area contributed by atoms with Gasteiger partial charge in [0.1, 0.15) is 11.9 Å². The Bertz CT molecular complexity index is 1020. The van der Waals surface area contributed by atoms with Gasteiger partial charge in [-0.3, -0.25) is 0 Å². The average Bonchev–Trinajstić information content (AvgIpc) is 2.93. The molecule has 5 rings (SSSR count). The Hall–Kier alpha value is -2.17. The van der Waals surface area contributed by atoms with Gasteiger partial charge in [0.05, 0.1) is 12.6 Å². The second kappa shape index (κ2) is 6.71. The third-order valence-corrected chi connectivity index (χ3v) is 6.32. The van der Waals surface area contributed by atoms with Crippen molar-refractivity contribution in [3.8, 4) is 0 Å². The minimum absolute atomic E-state index is 0.0720. The van der Waals surface area contributed by atoms with Crippen LogP contribution in [0.5, 0.6) is 0 Å². The Morgan fingerprint density at radius 2 is 1.86 bits per heavy atom. The molecule has 2 aromatic carbocycles. The summed E-state index contributed by atoms with van der Waals surface area (Å²) in [5.74, 6) is 0.274. The fourth-order valence-corrected chi connectivity index (χ4v) is 5.18. The van der Waals surface area contributed by atoms with E-state index in [0.717, 1.165) is 31.6 Å². The second-order valence-electron chi connectivity index (χ2n) is 8.61. The zero-order chi connectivity index (χ0) is 19.4. The lowest BCUT2D eigenvalue weighted by Gasteiger charge is -2.37. The van der Waals surface area contributed by atoms with Crippen LogP contribution in [0.3, 0.4) is 0 Å². The predicted octanol–water partition coefficient (Wildman–Crippen LogP) is 5.17. The molecule has 3 nitrogen and oxygen atoms in total. The van der Waals surface area contributed by atoms with Crippen molar-refractivity contribution < 1.29 is 9.13 Å². The van der Waals surface area contributed by atoms with E-state index in [0.29, 0.717) is 5.92 Å². The van der Waals surface area contributed by atoms with Crippen LogP contribution in [0.1, 0.15) is 47.8 Å². The van der Waals surface area contributed by atoms with Gasteiger partial charge in [-0.1, -0.05) is 23.8 Å². The van der Waals surface area contributed by atoms with E-state index in [1.807, 2.05) is 12.1 Å².